The number of hydrogen-bond donors (Lipinski definition) is 0. The van der Waals surface area contributed by atoms with E-state index in [4.69, 9.17) is 16.0 Å². The summed E-state index contributed by atoms with van der Waals surface area (Å²) in [7, 11) is 0. The minimum absolute atomic E-state index is 0.0793. The molecule has 0 spiro atoms. The Morgan fingerprint density at radius 1 is 1.33 bits per heavy atom. The lowest BCUT2D eigenvalue weighted by atomic mass is 10.1. The summed E-state index contributed by atoms with van der Waals surface area (Å²) in [6.45, 7) is 2.08. The van der Waals surface area contributed by atoms with Gasteiger partial charge in [-0.1, -0.05) is 12.1 Å². The van der Waals surface area contributed by atoms with Gasteiger partial charge in [0.1, 0.15) is 5.52 Å². The van der Waals surface area contributed by atoms with E-state index in [1.165, 1.54) is 11.1 Å². The Balaban J connectivity index is 1.86. The van der Waals surface area contributed by atoms with Crippen molar-refractivity contribution in [3.63, 3.8) is 0 Å². The summed E-state index contributed by atoms with van der Waals surface area (Å²) in [6, 6.07) is 7.76. The van der Waals surface area contributed by atoms with E-state index in [0.29, 0.717) is 12.3 Å². The van der Waals surface area contributed by atoms with Crippen LogP contribution in [0.4, 0.5) is 0 Å². The number of aromatic nitrogens is 1. The Hall–Kier alpha value is -1.32. The number of alkyl halides is 1. The van der Waals surface area contributed by atoms with Gasteiger partial charge in [0.25, 0.3) is 0 Å². The van der Waals surface area contributed by atoms with Crippen molar-refractivity contribution in [1.29, 1.82) is 0 Å². The van der Waals surface area contributed by atoms with Crippen molar-refractivity contribution in [1.82, 2.24) is 4.98 Å². The van der Waals surface area contributed by atoms with Crippen molar-refractivity contribution in [3.05, 3.63) is 52.0 Å². The Morgan fingerprint density at radius 2 is 2.17 bits per heavy atom. The Bertz CT molecular complexity index is 640. The number of aryl methyl sites for hydroxylation is 1. The topological polar surface area (TPSA) is 26.0 Å². The largest absolute Gasteiger partial charge is 0.441 e. The minimum atomic E-state index is -0.0793. The first-order valence-corrected chi connectivity index (χ1v) is 7.13. The summed E-state index contributed by atoms with van der Waals surface area (Å²) in [5.74, 6) is 0.696. The van der Waals surface area contributed by atoms with Gasteiger partial charge in [0.15, 0.2) is 11.5 Å². The normalized spacial score (nSPS) is 13.0. The zero-order valence-electron chi connectivity index (χ0n) is 9.89. The average molecular weight is 278 g/mol. The molecule has 0 saturated carbocycles. The summed E-state index contributed by atoms with van der Waals surface area (Å²) in [4.78, 5) is 4.44. The quantitative estimate of drug-likeness (QED) is 0.648. The maximum absolute atomic E-state index is 6.42. The molecule has 3 aromatic rings. The lowest BCUT2D eigenvalue weighted by Gasteiger charge is -2.05. The molecule has 3 rings (SSSR count). The Morgan fingerprint density at radius 3 is 2.89 bits per heavy atom. The van der Waals surface area contributed by atoms with Crippen LogP contribution in [-0.2, 0) is 6.42 Å². The summed E-state index contributed by atoms with van der Waals surface area (Å²) in [5, 5.41) is 4.12. The van der Waals surface area contributed by atoms with Gasteiger partial charge < -0.3 is 4.42 Å². The predicted octanol–water partition coefficient (Wildman–Crippen LogP) is 4.72. The summed E-state index contributed by atoms with van der Waals surface area (Å²) in [5.41, 5.74) is 4.11. The number of fused-ring (bicyclic) bond motifs is 1. The SMILES string of the molecule is Cc1cscc1C(Cl)Cc1nc2ccccc2o1. The number of thiophene rings is 1. The third-order valence-corrected chi connectivity index (χ3v) is 4.19. The first-order valence-electron chi connectivity index (χ1n) is 5.75. The van der Waals surface area contributed by atoms with Gasteiger partial charge in [0.2, 0.25) is 0 Å². The van der Waals surface area contributed by atoms with Crippen LogP contribution in [0.2, 0.25) is 0 Å². The van der Waals surface area contributed by atoms with Crippen molar-refractivity contribution in [2.45, 2.75) is 18.7 Å². The number of hydrogen-bond acceptors (Lipinski definition) is 3. The molecule has 0 N–H and O–H groups in total. The van der Waals surface area contributed by atoms with Crippen LogP contribution in [-0.4, -0.2) is 4.98 Å². The number of benzene rings is 1. The van der Waals surface area contributed by atoms with Crippen LogP contribution in [0, 0.1) is 6.92 Å². The van der Waals surface area contributed by atoms with E-state index in [1.807, 2.05) is 24.3 Å². The molecular formula is C14H12ClNOS. The van der Waals surface area contributed by atoms with Gasteiger partial charge in [-0.25, -0.2) is 4.98 Å². The van der Waals surface area contributed by atoms with Crippen molar-refractivity contribution in [2.75, 3.05) is 0 Å². The van der Waals surface area contributed by atoms with Crippen LogP contribution in [0.15, 0.2) is 39.4 Å². The highest BCUT2D eigenvalue weighted by atomic mass is 35.5. The summed E-state index contributed by atoms with van der Waals surface area (Å²) in [6.07, 6.45) is 0.619. The summed E-state index contributed by atoms with van der Waals surface area (Å²) >= 11 is 8.10. The zero-order chi connectivity index (χ0) is 12.5. The summed E-state index contributed by atoms with van der Waals surface area (Å²) < 4.78 is 5.68. The molecule has 92 valence electrons. The van der Waals surface area contributed by atoms with E-state index in [-0.39, 0.29) is 5.38 Å². The van der Waals surface area contributed by atoms with Crippen LogP contribution < -0.4 is 0 Å². The number of oxazole rings is 1. The molecule has 0 fully saturated rings. The van der Waals surface area contributed by atoms with Crippen LogP contribution in [0.5, 0.6) is 0 Å². The monoisotopic (exact) mass is 277 g/mol. The second kappa shape index (κ2) is 4.75. The fourth-order valence-corrected chi connectivity index (χ4v) is 3.31. The number of nitrogens with zero attached hydrogens (tertiary/aromatic N) is 1. The second-order valence-electron chi connectivity index (χ2n) is 4.26. The fourth-order valence-electron chi connectivity index (χ4n) is 1.96. The molecule has 1 unspecified atom stereocenters. The second-order valence-corrected chi connectivity index (χ2v) is 5.53. The third kappa shape index (κ3) is 2.16. The molecule has 2 nitrogen and oxygen atoms in total. The molecule has 2 aromatic heterocycles. The van der Waals surface area contributed by atoms with Gasteiger partial charge in [-0.2, -0.15) is 11.3 Å². The van der Waals surface area contributed by atoms with Crippen molar-refractivity contribution < 1.29 is 4.42 Å². The highest BCUT2D eigenvalue weighted by Crippen LogP contribution is 2.30. The van der Waals surface area contributed by atoms with Gasteiger partial charge in [-0.15, -0.1) is 11.6 Å². The van der Waals surface area contributed by atoms with E-state index >= 15 is 0 Å². The van der Waals surface area contributed by atoms with E-state index < -0.39 is 0 Å². The molecule has 0 radical (unpaired) electrons. The van der Waals surface area contributed by atoms with Gasteiger partial charge >= 0.3 is 0 Å². The Labute approximate surface area is 114 Å². The van der Waals surface area contributed by atoms with Crippen molar-refractivity contribution in [2.24, 2.45) is 0 Å². The molecule has 0 bridgehead atoms. The molecular weight excluding hydrogens is 266 g/mol. The van der Waals surface area contributed by atoms with Crippen molar-refractivity contribution >= 4 is 34.0 Å². The van der Waals surface area contributed by atoms with E-state index in [9.17, 15) is 0 Å². The van der Waals surface area contributed by atoms with Crippen LogP contribution >= 0.6 is 22.9 Å². The number of rotatable bonds is 3. The van der Waals surface area contributed by atoms with Gasteiger partial charge in [-0.05, 0) is 40.9 Å². The highest BCUT2D eigenvalue weighted by Gasteiger charge is 2.15. The Kier molecular flexibility index (Phi) is 3.10. The van der Waals surface area contributed by atoms with Gasteiger partial charge in [0, 0.05) is 6.42 Å². The van der Waals surface area contributed by atoms with Gasteiger partial charge in [-0.3, -0.25) is 0 Å². The molecule has 18 heavy (non-hydrogen) atoms. The molecule has 1 aromatic carbocycles. The smallest absolute Gasteiger partial charge is 0.197 e. The first-order chi connectivity index (χ1) is 8.74. The number of para-hydroxylation sites is 2. The van der Waals surface area contributed by atoms with Crippen LogP contribution in [0.1, 0.15) is 22.4 Å². The standard InChI is InChI=1S/C14H12ClNOS/c1-9-7-18-8-10(9)11(15)6-14-16-12-4-2-3-5-13(12)17-14/h2-5,7-8,11H,6H2,1H3. The average Bonchev–Trinajstić information content (AvgIpc) is 2.94. The number of halogens is 1. The molecule has 0 aliphatic heterocycles. The van der Waals surface area contributed by atoms with Gasteiger partial charge in [0.05, 0.1) is 5.38 Å². The highest BCUT2D eigenvalue weighted by molar-refractivity contribution is 7.08. The molecule has 1 atom stereocenters. The molecule has 4 heteroatoms. The molecule has 2 heterocycles. The molecule has 0 amide bonds. The van der Waals surface area contributed by atoms with Crippen LogP contribution in [0.25, 0.3) is 11.1 Å². The zero-order valence-corrected chi connectivity index (χ0v) is 11.5. The predicted molar refractivity (Wildman–Crippen MR) is 75.4 cm³/mol. The maximum atomic E-state index is 6.42. The lowest BCUT2D eigenvalue weighted by molar-refractivity contribution is 0.525. The first kappa shape index (κ1) is 11.8. The fraction of sp³-hybridized carbons (Fsp3) is 0.214. The molecule has 0 aliphatic rings. The molecule has 0 saturated heterocycles. The lowest BCUT2D eigenvalue weighted by Crippen LogP contribution is -1.96. The van der Waals surface area contributed by atoms with Crippen LogP contribution in [0.3, 0.4) is 0 Å². The minimum Gasteiger partial charge on any atom is -0.441 e. The molecule has 0 aliphatic carbocycles. The third-order valence-electron chi connectivity index (χ3n) is 2.92. The van der Waals surface area contributed by atoms with E-state index in [1.54, 1.807) is 11.3 Å². The van der Waals surface area contributed by atoms with Crippen molar-refractivity contribution in [3.8, 4) is 0 Å². The maximum Gasteiger partial charge on any atom is 0.197 e. The van der Waals surface area contributed by atoms with E-state index in [2.05, 4.69) is 22.7 Å². The van der Waals surface area contributed by atoms with E-state index in [0.717, 1.165) is 11.1 Å².